The summed E-state index contributed by atoms with van der Waals surface area (Å²) in [5.41, 5.74) is 0. The molecule has 0 aliphatic heterocycles. The fourth-order valence-electron chi connectivity index (χ4n) is 0.437. The Balaban J connectivity index is 3.36. The van der Waals surface area contributed by atoms with Crippen molar-refractivity contribution in [3.63, 3.8) is 0 Å². The molecule has 0 bridgehead atoms. The third kappa shape index (κ3) is 6.01. The van der Waals surface area contributed by atoms with E-state index in [9.17, 15) is 8.78 Å². The number of alkyl halides is 2. The molecule has 2 radical (unpaired) electrons. The molecule has 4 heteroatoms. The largest absolute Gasteiger partial charge is 0.309 e. The lowest BCUT2D eigenvalue weighted by Gasteiger charge is -2.15. The fraction of sp³-hybridized carbons (Fsp3) is 1.00. The molecular formula is C6H12BF2N. The summed E-state index contributed by atoms with van der Waals surface area (Å²) in [5, 5.41) is 2.60. The lowest BCUT2D eigenvalue weighted by Crippen LogP contribution is -2.35. The van der Waals surface area contributed by atoms with Crippen molar-refractivity contribution >= 4 is 7.85 Å². The minimum Gasteiger partial charge on any atom is -0.309 e. The van der Waals surface area contributed by atoms with Crippen LogP contribution in [0.25, 0.3) is 0 Å². The summed E-state index contributed by atoms with van der Waals surface area (Å²) in [7, 11) is 5.19. The summed E-state index contributed by atoms with van der Waals surface area (Å²) in [4.78, 5) is 0. The first-order valence-electron chi connectivity index (χ1n) is 3.27. The van der Waals surface area contributed by atoms with Gasteiger partial charge in [-0.05, 0) is 6.04 Å². The quantitative estimate of drug-likeness (QED) is 0.589. The minimum atomic E-state index is -2.64. The van der Waals surface area contributed by atoms with E-state index in [4.69, 9.17) is 7.85 Å². The Labute approximate surface area is 61.6 Å². The van der Waals surface area contributed by atoms with E-state index in [-0.39, 0.29) is 12.6 Å². The van der Waals surface area contributed by atoms with Crippen molar-refractivity contribution in [3.05, 3.63) is 0 Å². The second-order valence-electron chi connectivity index (χ2n) is 2.59. The molecule has 0 fully saturated rings. The van der Waals surface area contributed by atoms with E-state index in [1.165, 1.54) is 0 Å². The van der Waals surface area contributed by atoms with Gasteiger partial charge in [0, 0.05) is 6.92 Å². The van der Waals surface area contributed by atoms with Crippen molar-refractivity contribution in [2.75, 3.05) is 6.54 Å². The highest BCUT2D eigenvalue weighted by Gasteiger charge is 2.20. The van der Waals surface area contributed by atoms with E-state index >= 15 is 0 Å². The van der Waals surface area contributed by atoms with E-state index in [2.05, 4.69) is 5.32 Å². The second kappa shape index (κ2) is 3.91. The summed E-state index contributed by atoms with van der Waals surface area (Å²) in [6.07, 6.45) is 0.385. The average molecular weight is 147 g/mol. The minimum absolute atomic E-state index is 0.0363. The first-order chi connectivity index (χ1) is 4.45. The molecular weight excluding hydrogens is 135 g/mol. The van der Waals surface area contributed by atoms with Gasteiger partial charge >= 0.3 is 0 Å². The zero-order valence-corrected chi connectivity index (χ0v) is 6.32. The first kappa shape index (κ1) is 9.88. The summed E-state index contributed by atoms with van der Waals surface area (Å²) in [5.74, 6) is -2.64. The molecule has 0 aliphatic carbocycles. The topological polar surface area (TPSA) is 12.0 Å². The Kier molecular flexibility index (Phi) is 3.87. The van der Waals surface area contributed by atoms with Gasteiger partial charge in [-0.15, -0.1) is 0 Å². The van der Waals surface area contributed by atoms with Crippen LogP contribution in [0.5, 0.6) is 0 Å². The number of hydrogen-bond acceptors (Lipinski definition) is 1. The lowest BCUT2D eigenvalue weighted by molar-refractivity contribution is 0.0209. The van der Waals surface area contributed by atoms with Crippen molar-refractivity contribution in [2.45, 2.75) is 32.1 Å². The van der Waals surface area contributed by atoms with Gasteiger partial charge in [0.25, 0.3) is 5.92 Å². The second-order valence-corrected chi connectivity index (χ2v) is 2.59. The third-order valence-electron chi connectivity index (χ3n) is 1.11. The average Bonchev–Trinajstić information content (AvgIpc) is 1.81. The van der Waals surface area contributed by atoms with E-state index in [0.717, 1.165) is 6.92 Å². The van der Waals surface area contributed by atoms with Crippen LogP contribution in [0.2, 0.25) is 6.32 Å². The Morgan fingerprint density at radius 3 is 2.40 bits per heavy atom. The van der Waals surface area contributed by atoms with Crippen molar-refractivity contribution < 1.29 is 8.78 Å². The molecule has 58 valence electrons. The van der Waals surface area contributed by atoms with Crippen LogP contribution in [-0.4, -0.2) is 26.4 Å². The van der Waals surface area contributed by atoms with Crippen LogP contribution >= 0.6 is 0 Å². The highest BCUT2D eigenvalue weighted by Crippen LogP contribution is 2.09. The first-order valence-corrected chi connectivity index (χ1v) is 3.27. The Morgan fingerprint density at radius 1 is 1.60 bits per heavy atom. The van der Waals surface area contributed by atoms with Crippen molar-refractivity contribution in [2.24, 2.45) is 0 Å². The standard InChI is InChI=1S/C6H12BF2N/c1-5(3-7)10-4-6(2,8)9/h5,10H,3-4H2,1-2H3. The fourth-order valence-corrected chi connectivity index (χ4v) is 0.437. The van der Waals surface area contributed by atoms with E-state index in [1.54, 1.807) is 6.92 Å². The predicted molar refractivity (Wildman–Crippen MR) is 38.6 cm³/mol. The molecule has 1 N–H and O–H groups in total. The van der Waals surface area contributed by atoms with E-state index in [1.807, 2.05) is 0 Å². The molecule has 0 aromatic heterocycles. The number of rotatable bonds is 4. The highest BCUT2D eigenvalue weighted by molar-refractivity contribution is 6.08. The van der Waals surface area contributed by atoms with Gasteiger partial charge in [0.05, 0.1) is 14.4 Å². The van der Waals surface area contributed by atoms with Gasteiger partial charge < -0.3 is 5.32 Å². The summed E-state index contributed by atoms with van der Waals surface area (Å²) in [6, 6.07) is -0.0363. The number of halogens is 2. The van der Waals surface area contributed by atoms with Gasteiger partial charge in [0.1, 0.15) is 0 Å². The molecule has 0 aromatic rings. The summed E-state index contributed by atoms with van der Waals surface area (Å²) >= 11 is 0. The van der Waals surface area contributed by atoms with Gasteiger partial charge in [0.15, 0.2) is 0 Å². The third-order valence-corrected chi connectivity index (χ3v) is 1.11. The molecule has 0 aromatic carbocycles. The van der Waals surface area contributed by atoms with Crippen molar-refractivity contribution in [1.82, 2.24) is 5.32 Å². The van der Waals surface area contributed by atoms with E-state index < -0.39 is 5.92 Å². The van der Waals surface area contributed by atoms with Crippen LogP contribution in [0.4, 0.5) is 8.78 Å². The summed E-state index contributed by atoms with van der Waals surface area (Å²) < 4.78 is 24.2. The normalized spacial score (nSPS) is 15.2. The van der Waals surface area contributed by atoms with Crippen LogP contribution in [0, 0.1) is 0 Å². The SMILES string of the molecule is [B]CC(C)NCC(C)(F)F. The molecule has 0 heterocycles. The van der Waals surface area contributed by atoms with Gasteiger partial charge in [-0.3, -0.25) is 0 Å². The Bertz CT molecular complexity index is 92.2. The van der Waals surface area contributed by atoms with E-state index in [0.29, 0.717) is 6.32 Å². The zero-order valence-electron chi connectivity index (χ0n) is 6.32. The van der Waals surface area contributed by atoms with Crippen LogP contribution in [0.3, 0.4) is 0 Å². The van der Waals surface area contributed by atoms with Gasteiger partial charge in [-0.25, -0.2) is 8.78 Å². The summed E-state index contributed by atoms with van der Waals surface area (Å²) in [6.45, 7) is 2.35. The van der Waals surface area contributed by atoms with Crippen LogP contribution in [0.1, 0.15) is 13.8 Å². The van der Waals surface area contributed by atoms with Crippen LogP contribution in [0.15, 0.2) is 0 Å². The molecule has 0 spiro atoms. The molecule has 1 unspecified atom stereocenters. The molecule has 0 aliphatic rings. The van der Waals surface area contributed by atoms with Gasteiger partial charge in [-0.1, -0.05) is 13.2 Å². The monoisotopic (exact) mass is 147 g/mol. The number of nitrogens with one attached hydrogen (secondary N) is 1. The van der Waals surface area contributed by atoms with Crippen LogP contribution < -0.4 is 5.32 Å². The predicted octanol–water partition coefficient (Wildman–Crippen LogP) is 1.21. The van der Waals surface area contributed by atoms with Crippen molar-refractivity contribution in [3.8, 4) is 0 Å². The zero-order chi connectivity index (χ0) is 8.20. The lowest BCUT2D eigenvalue weighted by atomic mass is 9.99. The molecule has 1 nitrogen and oxygen atoms in total. The molecule has 0 amide bonds. The Hall–Kier alpha value is -0.115. The maximum absolute atomic E-state index is 12.1. The highest BCUT2D eigenvalue weighted by atomic mass is 19.3. The molecule has 10 heavy (non-hydrogen) atoms. The maximum Gasteiger partial charge on any atom is 0.257 e. The number of hydrogen-bond donors (Lipinski definition) is 1. The van der Waals surface area contributed by atoms with Crippen LogP contribution in [-0.2, 0) is 0 Å². The molecule has 0 saturated carbocycles. The van der Waals surface area contributed by atoms with Gasteiger partial charge in [-0.2, -0.15) is 0 Å². The van der Waals surface area contributed by atoms with Crippen molar-refractivity contribution in [1.29, 1.82) is 0 Å². The smallest absolute Gasteiger partial charge is 0.257 e. The maximum atomic E-state index is 12.1. The van der Waals surface area contributed by atoms with Gasteiger partial charge in [0.2, 0.25) is 0 Å². The molecule has 0 saturated heterocycles. The molecule has 0 rings (SSSR count). The Morgan fingerprint density at radius 2 is 2.10 bits per heavy atom. The molecule has 1 atom stereocenters.